The van der Waals surface area contributed by atoms with Crippen LogP contribution >= 0.6 is 11.6 Å². The lowest BCUT2D eigenvalue weighted by molar-refractivity contribution is -0.116. The lowest BCUT2D eigenvalue weighted by atomic mass is 10.0. The zero-order valence-electron chi connectivity index (χ0n) is 14.9. The predicted molar refractivity (Wildman–Crippen MR) is 99.4 cm³/mol. The average Bonchev–Trinajstić information content (AvgIpc) is 2.65. The van der Waals surface area contributed by atoms with Gasteiger partial charge in [0.15, 0.2) is 11.5 Å². The number of phenols is 4. The average molecular weight is 412 g/mol. The molecule has 0 fully saturated rings. The maximum atomic E-state index is 12.2. The van der Waals surface area contributed by atoms with E-state index in [0.29, 0.717) is 0 Å². The molecule has 1 amide bonds. The van der Waals surface area contributed by atoms with Crippen molar-refractivity contribution in [1.82, 2.24) is 0 Å². The highest BCUT2D eigenvalue weighted by molar-refractivity contribution is 6.33. The number of ether oxygens (including phenoxy) is 2. The van der Waals surface area contributed by atoms with Crippen LogP contribution in [-0.2, 0) is 16.0 Å². The monoisotopic (exact) mass is 411 g/mol. The Bertz CT molecular complexity index is 929. The van der Waals surface area contributed by atoms with Gasteiger partial charge in [0.2, 0.25) is 5.91 Å². The van der Waals surface area contributed by atoms with E-state index in [2.05, 4.69) is 10.1 Å². The predicted octanol–water partition coefficient (Wildman–Crippen LogP) is 2.53. The van der Waals surface area contributed by atoms with Crippen LogP contribution in [0.3, 0.4) is 0 Å². The first-order valence-corrected chi connectivity index (χ1v) is 8.28. The minimum Gasteiger partial charge on any atom is -0.507 e. The molecular formula is C18H18ClNO8. The normalized spacial score (nSPS) is 10.4. The number of halogens is 1. The summed E-state index contributed by atoms with van der Waals surface area (Å²) < 4.78 is 9.44. The van der Waals surface area contributed by atoms with Gasteiger partial charge >= 0.3 is 5.97 Å². The van der Waals surface area contributed by atoms with Crippen LogP contribution in [0.15, 0.2) is 18.2 Å². The van der Waals surface area contributed by atoms with E-state index in [9.17, 15) is 30.0 Å². The number of hydrogen-bond donors (Lipinski definition) is 5. The van der Waals surface area contributed by atoms with Crippen molar-refractivity contribution >= 4 is 29.2 Å². The van der Waals surface area contributed by atoms with Gasteiger partial charge in [-0.3, -0.25) is 4.79 Å². The fourth-order valence-corrected chi connectivity index (χ4v) is 2.76. The molecule has 10 heteroatoms. The van der Waals surface area contributed by atoms with Crippen LogP contribution in [0.4, 0.5) is 5.69 Å². The van der Waals surface area contributed by atoms with Gasteiger partial charge in [-0.15, -0.1) is 0 Å². The van der Waals surface area contributed by atoms with Gasteiger partial charge in [0.25, 0.3) is 0 Å². The molecule has 2 aromatic carbocycles. The summed E-state index contributed by atoms with van der Waals surface area (Å²) >= 11 is 6.01. The SMILES string of the molecule is COC(=O)c1c(O)cc(O)c(Cl)c1CCC(=O)Nc1cc(O)c(OC)cc1O. The Morgan fingerprint density at radius 1 is 1.00 bits per heavy atom. The number of esters is 1. The molecule has 0 spiro atoms. The lowest BCUT2D eigenvalue weighted by Gasteiger charge is -2.14. The highest BCUT2D eigenvalue weighted by Gasteiger charge is 2.23. The number of nitrogens with one attached hydrogen (secondary N) is 1. The number of amides is 1. The van der Waals surface area contributed by atoms with Gasteiger partial charge in [-0.2, -0.15) is 0 Å². The van der Waals surface area contributed by atoms with Crippen molar-refractivity contribution < 1.29 is 39.5 Å². The number of carbonyl (C=O) groups excluding carboxylic acids is 2. The number of hydrogen-bond acceptors (Lipinski definition) is 8. The number of aromatic hydroxyl groups is 4. The molecule has 0 unspecified atom stereocenters. The minimum atomic E-state index is -0.882. The number of carbonyl (C=O) groups is 2. The third kappa shape index (κ3) is 4.32. The van der Waals surface area contributed by atoms with Gasteiger partial charge in [0.1, 0.15) is 22.8 Å². The summed E-state index contributed by atoms with van der Waals surface area (Å²) in [7, 11) is 2.41. The van der Waals surface area contributed by atoms with Crippen molar-refractivity contribution in [2.45, 2.75) is 12.8 Å². The molecule has 0 aliphatic carbocycles. The Morgan fingerprint density at radius 3 is 2.29 bits per heavy atom. The van der Waals surface area contributed by atoms with Crippen LogP contribution in [0.5, 0.6) is 28.7 Å². The number of methoxy groups -OCH3 is 2. The van der Waals surface area contributed by atoms with E-state index >= 15 is 0 Å². The first kappa shape index (κ1) is 21.0. The maximum absolute atomic E-state index is 12.2. The van der Waals surface area contributed by atoms with Crippen LogP contribution in [0, 0.1) is 0 Å². The van der Waals surface area contributed by atoms with Crippen molar-refractivity contribution in [3.63, 3.8) is 0 Å². The Balaban J connectivity index is 2.22. The van der Waals surface area contributed by atoms with E-state index in [0.717, 1.165) is 25.3 Å². The highest BCUT2D eigenvalue weighted by Crippen LogP contribution is 2.38. The molecule has 2 rings (SSSR count). The third-order valence-corrected chi connectivity index (χ3v) is 4.31. The first-order valence-electron chi connectivity index (χ1n) is 7.91. The van der Waals surface area contributed by atoms with Gasteiger partial charge < -0.3 is 35.2 Å². The molecule has 0 aliphatic rings. The first-order chi connectivity index (χ1) is 13.2. The molecule has 0 bridgehead atoms. The molecule has 150 valence electrons. The summed E-state index contributed by atoms with van der Waals surface area (Å²) in [6.45, 7) is 0. The van der Waals surface area contributed by atoms with Crippen molar-refractivity contribution in [3.8, 4) is 28.7 Å². The van der Waals surface area contributed by atoms with Gasteiger partial charge in [-0.1, -0.05) is 11.6 Å². The second-order valence-corrected chi connectivity index (χ2v) is 6.04. The fourth-order valence-electron chi connectivity index (χ4n) is 2.52. The quantitative estimate of drug-likeness (QED) is 0.277. The molecule has 2 aromatic rings. The van der Waals surface area contributed by atoms with Gasteiger partial charge in [-0.25, -0.2) is 4.79 Å². The van der Waals surface area contributed by atoms with Crippen LogP contribution < -0.4 is 10.1 Å². The lowest BCUT2D eigenvalue weighted by Crippen LogP contribution is -2.14. The van der Waals surface area contributed by atoms with E-state index in [4.69, 9.17) is 16.3 Å². The largest absolute Gasteiger partial charge is 0.507 e. The van der Waals surface area contributed by atoms with E-state index < -0.39 is 23.4 Å². The summed E-state index contributed by atoms with van der Waals surface area (Å²) in [4.78, 5) is 24.1. The van der Waals surface area contributed by atoms with E-state index in [1.54, 1.807) is 0 Å². The maximum Gasteiger partial charge on any atom is 0.341 e. The van der Waals surface area contributed by atoms with Gasteiger partial charge in [-0.05, 0) is 12.0 Å². The summed E-state index contributed by atoms with van der Waals surface area (Å²) in [6.07, 6.45) is -0.348. The van der Waals surface area contributed by atoms with E-state index in [-0.39, 0.29) is 51.9 Å². The second kappa shape index (κ2) is 8.57. The molecular weight excluding hydrogens is 394 g/mol. The molecule has 28 heavy (non-hydrogen) atoms. The molecule has 0 radical (unpaired) electrons. The van der Waals surface area contributed by atoms with Crippen molar-refractivity contribution in [3.05, 3.63) is 34.3 Å². The molecule has 0 aromatic heterocycles. The molecule has 0 heterocycles. The van der Waals surface area contributed by atoms with Crippen LogP contribution in [0.2, 0.25) is 5.02 Å². The number of rotatable bonds is 6. The number of phenolic OH excluding ortho intramolecular Hbond substituents is 4. The molecule has 0 saturated heterocycles. The van der Waals surface area contributed by atoms with Crippen LogP contribution in [-0.4, -0.2) is 46.5 Å². The minimum absolute atomic E-state index is 0.0280. The van der Waals surface area contributed by atoms with Crippen LogP contribution in [0.25, 0.3) is 0 Å². The van der Waals surface area contributed by atoms with Gasteiger partial charge in [0.05, 0.1) is 24.9 Å². The molecule has 0 aliphatic heterocycles. The Kier molecular flexibility index (Phi) is 6.42. The molecule has 0 atom stereocenters. The van der Waals surface area contributed by atoms with Crippen molar-refractivity contribution in [2.75, 3.05) is 19.5 Å². The molecule has 5 N–H and O–H groups in total. The van der Waals surface area contributed by atoms with Gasteiger partial charge in [0, 0.05) is 24.6 Å². The Labute approximate surface area is 164 Å². The summed E-state index contributed by atoms with van der Waals surface area (Å²) in [5.74, 6) is -3.06. The number of benzene rings is 2. The Hall–Kier alpha value is -3.33. The summed E-state index contributed by atoms with van der Waals surface area (Å²) in [6, 6.07) is 3.14. The third-order valence-electron chi connectivity index (χ3n) is 3.88. The summed E-state index contributed by atoms with van der Waals surface area (Å²) in [5, 5.41) is 41.5. The summed E-state index contributed by atoms with van der Waals surface area (Å²) in [5.41, 5.74) is -0.285. The number of anilines is 1. The van der Waals surface area contributed by atoms with Crippen molar-refractivity contribution in [1.29, 1.82) is 0 Å². The molecule has 0 saturated carbocycles. The molecule has 9 nitrogen and oxygen atoms in total. The fraction of sp³-hybridized carbons (Fsp3) is 0.222. The smallest absolute Gasteiger partial charge is 0.341 e. The second-order valence-electron chi connectivity index (χ2n) is 5.66. The van der Waals surface area contributed by atoms with E-state index in [1.807, 2.05) is 0 Å². The zero-order valence-corrected chi connectivity index (χ0v) is 15.7. The van der Waals surface area contributed by atoms with E-state index in [1.165, 1.54) is 7.11 Å². The zero-order chi connectivity index (χ0) is 21.0. The highest BCUT2D eigenvalue weighted by atomic mass is 35.5. The standard InChI is InChI=1S/C18H18ClNO8/c1-27-14-7-10(21)9(5-11(14)22)20-15(25)4-3-8-16(18(26)28-2)12(23)6-13(24)17(8)19/h5-7,21-24H,3-4H2,1-2H3,(H,20,25). The van der Waals surface area contributed by atoms with Crippen molar-refractivity contribution in [2.24, 2.45) is 0 Å². The Morgan fingerprint density at radius 2 is 1.68 bits per heavy atom. The topological polar surface area (TPSA) is 146 Å². The van der Waals surface area contributed by atoms with Crippen LogP contribution in [0.1, 0.15) is 22.3 Å².